The largest absolute Gasteiger partial charge is 0.325 e. The number of ketones is 2. The SMILES string of the molecule is CN(C)CCC(=O)Nc1cccc2c1C(=O)c1c(NC(=O)CCN(C)C)cccc1C2=O. The number of carbonyl (C=O) groups is 4. The first-order valence-corrected chi connectivity index (χ1v) is 10.4. The molecule has 0 spiro atoms. The van der Waals surface area contributed by atoms with Crippen molar-refractivity contribution in [2.45, 2.75) is 12.8 Å². The zero-order chi connectivity index (χ0) is 23.4. The first-order chi connectivity index (χ1) is 15.2. The number of nitrogens with one attached hydrogen (secondary N) is 2. The third-order valence-corrected chi connectivity index (χ3v) is 5.19. The summed E-state index contributed by atoms with van der Waals surface area (Å²) in [5, 5.41) is 5.54. The van der Waals surface area contributed by atoms with Gasteiger partial charge in [0.15, 0.2) is 11.6 Å². The van der Waals surface area contributed by atoms with E-state index in [0.29, 0.717) is 24.5 Å². The molecule has 0 aromatic heterocycles. The summed E-state index contributed by atoms with van der Waals surface area (Å²) in [4.78, 5) is 55.2. The smallest absolute Gasteiger partial charge is 0.225 e. The fraction of sp³-hybridized carbons (Fsp3) is 0.333. The number of fused-ring (bicyclic) bond motifs is 2. The van der Waals surface area contributed by atoms with E-state index in [1.165, 1.54) is 0 Å². The van der Waals surface area contributed by atoms with Crippen LogP contribution in [0, 0.1) is 0 Å². The molecule has 8 heteroatoms. The molecule has 3 rings (SSSR count). The highest BCUT2D eigenvalue weighted by atomic mass is 16.2. The molecule has 0 heterocycles. The maximum absolute atomic E-state index is 13.5. The van der Waals surface area contributed by atoms with Gasteiger partial charge >= 0.3 is 0 Å². The molecule has 2 aromatic carbocycles. The summed E-state index contributed by atoms with van der Waals surface area (Å²) in [6, 6.07) is 9.67. The molecule has 32 heavy (non-hydrogen) atoms. The van der Waals surface area contributed by atoms with Crippen LogP contribution in [-0.4, -0.2) is 74.5 Å². The average molecular weight is 437 g/mol. The second kappa shape index (κ2) is 9.84. The minimum absolute atomic E-state index is 0.151. The van der Waals surface area contributed by atoms with Gasteiger partial charge in [-0.3, -0.25) is 19.2 Å². The monoisotopic (exact) mass is 436 g/mol. The molecule has 0 aliphatic heterocycles. The Hall–Kier alpha value is -3.36. The van der Waals surface area contributed by atoms with Crippen molar-refractivity contribution in [1.82, 2.24) is 9.80 Å². The Labute approximate surface area is 187 Å². The predicted octanol–water partition coefficient (Wildman–Crippen LogP) is 2.24. The summed E-state index contributed by atoms with van der Waals surface area (Å²) in [6.45, 7) is 1.11. The van der Waals surface area contributed by atoms with Crippen molar-refractivity contribution in [1.29, 1.82) is 0 Å². The van der Waals surface area contributed by atoms with E-state index in [9.17, 15) is 19.2 Å². The number of benzene rings is 2. The summed E-state index contributed by atoms with van der Waals surface area (Å²) < 4.78 is 0. The molecular weight excluding hydrogens is 408 g/mol. The molecule has 0 unspecified atom stereocenters. The van der Waals surface area contributed by atoms with E-state index in [1.54, 1.807) is 36.4 Å². The van der Waals surface area contributed by atoms with Gasteiger partial charge in [0, 0.05) is 37.1 Å². The molecule has 0 saturated heterocycles. The molecule has 1 aliphatic carbocycles. The van der Waals surface area contributed by atoms with Gasteiger partial charge in [0.2, 0.25) is 11.8 Å². The number of anilines is 2. The van der Waals surface area contributed by atoms with Gasteiger partial charge in [-0.1, -0.05) is 24.3 Å². The lowest BCUT2D eigenvalue weighted by atomic mass is 9.82. The Bertz CT molecular complexity index is 994. The van der Waals surface area contributed by atoms with Crippen LogP contribution in [0.1, 0.15) is 44.7 Å². The van der Waals surface area contributed by atoms with Crippen molar-refractivity contribution < 1.29 is 19.2 Å². The van der Waals surface area contributed by atoms with Gasteiger partial charge in [-0.25, -0.2) is 0 Å². The normalized spacial score (nSPS) is 12.6. The quantitative estimate of drug-likeness (QED) is 0.562. The standard InChI is InChI=1S/C24H28N4O4/c1-27(2)13-11-19(29)25-17-9-5-7-15-21(17)24(32)22-16(23(15)31)8-6-10-18(22)26-20(30)12-14-28(3)4/h5-10H,11-14H2,1-4H3,(H,25,29)(H,26,30). The lowest BCUT2D eigenvalue weighted by molar-refractivity contribution is -0.117. The highest BCUT2D eigenvalue weighted by Gasteiger charge is 2.34. The fourth-order valence-electron chi connectivity index (χ4n) is 3.53. The highest BCUT2D eigenvalue weighted by molar-refractivity contribution is 6.32. The Morgan fingerprint density at radius 3 is 1.47 bits per heavy atom. The average Bonchev–Trinajstić information content (AvgIpc) is 2.74. The fourth-order valence-corrected chi connectivity index (χ4v) is 3.53. The Balaban J connectivity index is 1.94. The number of rotatable bonds is 8. The van der Waals surface area contributed by atoms with Crippen LogP contribution in [0.4, 0.5) is 11.4 Å². The zero-order valence-electron chi connectivity index (χ0n) is 18.8. The van der Waals surface area contributed by atoms with E-state index >= 15 is 0 Å². The van der Waals surface area contributed by atoms with Crippen LogP contribution in [0.25, 0.3) is 0 Å². The maximum atomic E-state index is 13.5. The van der Waals surface area contributed by atoms with Gasteiger partial charge in [-0.15, -0.1) is 0 Å². The molecule has 2 amide bonds. The Morgan fingerprint density at radius 1 is 0.688 bits per heavy atom. The van der Waals surface area contributed by atoms with Crippen LogP contribution < -0.4 is 10.6 Å². The van der Waals surface area contributed by atoms with Gasteiger partial charge in [0.05, 0.1) is 22.5 Å². The summed E-state index contributed by atoms with van der Waals surface area (Å²) in [5.74, 6) is -1.21. The summed E-state index contributed by atoms with van der Waals surface area (Å²) in [5.41, 5.74) is 1.37. The van der Waals surface area contributed by atoms with E-state index < -0.39 is 5.78 Å². The van der Waals surface area contributed by atoms with E-state index in [2.05, 4.69) is 10.6 Å². The summed E-state index contributed by atoms with van der Waals surface area (Å²) in [6.07, 6.45) is 0.505. The Kier molecular flexibility index (Phi) is 7.17. The van der Waals surface area contributed by atoms with Crippen LogP contribution in [0.5, 0.6) is 0 Å². The number of amides is 2. The van der Waals surface area contributed by atoms with Gasteiger partial charge in [-0.2, -0.15) is 0 Å². The molecule has 2 N–H and O–H groups in total. The zero-order valence-corrected chi connectivity index (χ0v) is 18.8. The first kappa shape index (κ1) is 23.3. The van der Waals surface area contributed by atoms with Gasteiger partial charge < -0.3 is 20.4 Å². The van der Waals surface area contributed by atoms with Crippen LogP contribution in [0.2, 0.25) is 0 Å². The molecule has 0 atom stereocenters. The molecule has 168 valence electrons. The minimum atomic E-state index is -0.401. The third kappa shape index (κ3) is 5.09. The van der Waals surface area contributed by atoms with Crippen LogP contribution in [0.3, 0.4) is 0 Å². The van der Waals surface area contributed by atoms with Crippen molar-refractivity contribution in [2.75, 3.05) is 51.9 Å². The lowest BCUT2D eigenvalue weighted by Gasteiger charge is -2.23. The topological polar surface area (TPSA) is 98.8 Å². The highest BCUT2D eigenvalue weighted by Crippen LogP contribution is 2.35. The van der Waals surface area contributed by atoms with Gasteiger partial charge in [0.25, 0.3) is 0 Å². The molecule has 0 saturated carbocycles. The molecule has 1 aliphatic rings. The second-order valence-corrected chi connectivity index (χ2v) is 8.32. The second-order valence-electron chi connectivity index (χ2n) is 8.32. The van der Waals surface area contributed by atoms with E-state index in [-0.39, 0.29) is 52.7 Å². The maximum Gasteiger partial charge on any atom is 0.225 e. The number of nitrogens with zero attached hydrogens (tertiary/aromatic N) is 2. The van der Waals surface area contributed by atoms with E-state index in [1.807, 2.05) is 38.0 Å². The number of hydrogen-bond acceptors (Lipinski definition) is 6. The van der Waals surface area contributed by atoms with Gasteiger partial charge in [-0.05, 0) is 40.3 Å². The molecule has 0 fully saturated rings. The summed E-state index contributed by atoms with van der Waals surface area (Å²) in [7, 11) is 7.46. The van der Waals surface area contributed by atoms with Crippen LogP contribution >= 0.6 is 0 Å². The van der Waals surface area contributed by atoms with Crippen LogP contribution in [-0.2, 0) is 9.59 Å². The minimum Gasteiger partial charge on any atom is -0.325 e. The summed E-state index contributed by atoms with van der Waals surface area (Å²) >= 11 is 0. The molecular formula is C24H28N4O4. The molecule has 8 nitrogen and oxygen atoms in total. The van der Waals surface area contributed by atoms with E-state index in [0.717, 1.165) is 0 Å². The van der Waals surface area contributed by atoms with Crippen LogP contribution in [0.15, 0.2) is 36.4 Å². The van der Waals surface area contributed by atoms with Crippen molar-refractivity contribution in [3.05, 3.63) is 58.7 Å². The van der Waals surface area contributed by atoms with Crippen molar-refractivity contribution in [2.24, 2.45) is 0 Å². The third-order valence-electron chi connectivity index (χ3n) is 5.19. The Morgan fingerprint density at radius 2 is 1.09 bits per heavy atom. The number of carbonyl (C=O) groups excluding carboxylic acids is 4. The molecule has 0 radical (unpaired) electrons. The molecule has 2 aromatic rings. The van der Waals surface area contributed by atoms with Gasteiger partial charge in [0.1, 0.15) is 0 Å². The predicted molar refractivity (Wildman–Crippen MR) is 123 cm³/mol. The first-order valence-electron chi connectivity index (χ1n) is 10.4. The van der Waals surface area contributed by atoms with Crippen molar-refractivity contribution >= 4 is 34.8 Å². The van der Waals surface area contributed by atoms with E-state index in [4.69, 9.17) is 0 Å². The van der Waals surface area contributed by atoms with Crippen molar-refractivity contribution in [3.63, 3.8) is 0 Å². The number of hydrogen-bond donors (Lipinski definition) is 2. The lowest BCUT2D eigenvalue weighted by Crippen LogP contribution is -2.27. The molecule has 0 bridgehead atoms. The van der Waals surface area contributed by atoms with Crippen molar-refractivity contribution in [3.8, 4) is 0 Å².